The SMILES string of the molecule is [2H]c1c([2H])c([2H])c2c([2H])c(-c3c([2H])c([2H])c4c(-c5c([2H])c([2H])c6c([2H])c([2H])c([2H])c([2H])c6c5[2H])c5c([2H])c([2H])c([2H])c([2H])c5c(-c5cccc6ccccc56)c4c3[2H])c([2H])c([2H])c2c1[2H]. The van der Waals surface area contributed by atoms with Crippen molar-refractivity contribution in [1.82, 2.24) is 0 Å². The zero-order chi connectivity index (χ0) is 47.3. The van der Waals surface area contributed by atoms with Gasteiger partial charge in [-0.05, 0) is 105 Å². The molecule has 0 N–H and O–H groups in total. The van der Waals surface area contributed by atoms with Crippen LogP contribution in [0.1, 0.15) is 28.8 Å². The summed E-state index contributed by atoms with van der Waals surface area (Å²) in [6.45, 7) is 0. The van der Waals surface area contributed by atoms with E-state index in [9.17, 15) is 12.3 Å². The van der Waals surface area contributed by atoms with Gasteiger partial charge in [-0.1, -0.05) is 151 Å². The minimum Gasteiger partial charge on any atom is -0.0616 e. The van der Waals surface area contributed by atoms with Crippen LogP contribution in [0.15, 0.2) is 169 Å². The van der Waals surface area contributed by atoms with Gasteiger partial charge >= 0.3 is 0 Å². The Kier molecular flexibility index (Phi) is 2.65. The van der Waals surface area contributed by atoms with Crippen molar-refractivity contribution in [1.29, 1.82) is 0 Å². The highest BCUT2D eigenvalue weighted by Crippen LogP contribution is 2.46. The molecule has 0 bridgehead atoms. The fourth-order valence-electron chi connectivity index (χ4n) is 5.62. The fraction of sp³-hybridized carbons (Fsp3) is 0. The van der Waals surface area contributed by atoms with Gasteiger partial charge in [0.15, 0.2) is 0 Å². The van der Waals surface area contributed by atoms with Crippen LogP contribution >= 0.6 is 0 Å². The first-order valence-corrected chi connectivity index (χ1v) is 13.6. The molecule has 9 aromatic rings. The molecule has 0 atom stereocenters. The summed E-state index contributed by atoms with van der Waals surface area (Å²) in [6, 6.07) is -4.25. The maximum Gasteiger partial charge on any atom is 0.0636 e. The fourth-order valence-corrected chi connectivity index (χ4v) is 5.62. The van der Waals surface area contributed by atoms with Crippen molar-refractivity contribution < 1.29 is 28.8 Å². The lowest BCUT2D eigenvalue weighted by atomic mass is 9.83. The van der Waals surface area contributed by atoms with Gasteiger partial charge in [-0.3, -0.25) is 0 Å². The van der Waals surface area contributed by atoms with E-state index in [2.05, 4.69) is 0 Å². The molecule has 9 aromatic carbocycles. The van der Waals surface area contributed by atoms with Crippen molar-refractivity contribution in [3.05, 3.63) is 169 Å². The molecule has 0 heteroatoms. The standard InChI is InChI=1S/C44H28/c1-3-13-32-26-34(22-20-29(32)10-1)35-24-25-41-42(28-35)44(38-19-9-15-31-12-5-6-16-37(31)38)40-18-8-7-17-39(40)43(41)36-23-21-30-11-2-4-14-33(30)27-36/h1-28H/i1D,2D,3D,4D,7D,8D,10D,11D,13D,14D,17D,18D,20D,21D,22D,23D,24D,25D,26D,27D,28D. The van der Waals surface area contributed by atoms with Gasteiger partial charge in [0.05, 0.1) is 28.8 Å². The van der Waals surface area contributed by atoms with E-state index in [0.717, 1.165) is 0 Å². The Bertz CT molecular complexity index is 3720. The topological polar surface area (TPSA) is 0 Å². The minimum atomic E-state index is -0.888. The largest absolute Gasteiger partial charge is 0.0636 e. The Hall–Kier alpha value is -5.72. The Morgan fingerprint density at radius 1 is 0.318 bits per heavy atom. The number of hydrogen-bond donors (Lipinski definition) is 0. The second-order valence-corrected chi connectivity index (χ2v) is 10.0. The van der Waals surface area contributed by atoms with Gasteiger partial charge in [-0.2, -0.15) is 0 Å². The van der Waals surface area contributed by atoms with Gasteiger partial charge in [-0.25, -0.2) is 0 Å². The van der Waals surface area contributed by atoms with Gasteiger partial charge < -0.3 is 0 Å². The lowest BCUT2D eigenvalue weighted by Gasteiger charge is -2.20. The molecule has 0 unspecified atom stereocenters. The molecule has 0 aliphatic rings. The van der Waals surface area contributed by atoms with Crippen LogP contribution in [0, 0.1) is 0 Å². The van der Waals surface area contributed by atoms with Crippen LogP contribution in [0.5, 0.6) is 0 Å². The van der Waals surface area contributed by atoms with E-state index < -0.39 is 181 Å². The molecule has 0 aliphatic carbocycles. The second-order valence-electron chi connectivity index (χ2n) is 10.0. The van der Waals surface area contributed by atoms with Crippen LogP contribution in [0.25, 0.3) is 87.2 Å². The number of hydrogen-bond acceptors (Lipinski definition) is 0. The molecule has 0 aliphatic heterocycles. The molecule has 0 amide bonds. The number of benzene rings is 9. The smallest absolute Gasteiger partial charge is 0.0616 e. The number of fused-ring (bicyclic) bond motifs is 5. The third kappa shape index (κ3) is 3.92. The quantitative estimate of drug-likeness (QED) is 0.183. The zero-order valence-corrected chi connectivity index (χ0v) is 22.5. The minimum absolute atomic E-state index is 0.110. The highest BCUT2D eigenvalue weighted by molar-refractivity contribution is 6.24. The van der Waals surface area contributed by atoms with Gasteiger partial charge in [0.1, 0.15) is 0 Å². The molecule has 0 nitrogen and oxygen atoms in total. The lowest BCUT2D eigenvalue weighted by molar-refractivity contribution is 1.66. The number of rotatable bonds is 3. The summed E-state index contributed by atoms with van der Waals surface area (Å²) in [5.41, 5.74) is -2.25. The van der Waals surface area contributed by atoms with Crippen LogP contribution in [0.3, 0.4) is 0 Å². The average molecular weight is 578 g/mol. The summed E-state index contributed by atoms with van der Waals surface area (Å²) >= 11 is 0. The van der Waals surface area contributed by atoms with E-state index in [1.54, 1.807) is 42.5 Å². The molecule has 0 radical (unpaired) electrons. The third-order valence-corrected chi connectivity index (χ3v) is 7.56. The summed E-state index contributed by atoms with van der Waals surface area (Å²) in [5.74, 6) is 0. The Morgan fingerprint density at radius 3 is 1.64 bits per heavy atom. The van der Waals surface area contributed by atoms with Crippen LogP contribution in [-0.4, -0.2) is 0 Å². The predicted octanol–water partition coefficient (Wildman–Crippen LogP) is 12.5. The van der Waals surface area contributed by atoms with Crippen molar-refractivity contribution in [2.45, 2.75) is 0 Å². The van der Waals surface area contributed by atoms with Crippen molar-refractivity contribution in [3.8, 4) is 33.4 Å². The summed E-state index contributed by atoms with van der Waals surface area (Å²) in [4.78, 5) is 0. The summed E-state index contributed by atoms with van der Waals surface area (Å²) in [7, 11) is 0. The van der Waals surface area contributed by atoms with Crippen LogP contribution < -0.4 is 0 Å². The molecule has 0 heterocycles. The summed E-state index contributed by atoms with van der Waals surface area (Å²) in [6.07, 6.45) is 0. The van der Waals surface area contributed by atoms with Crippen LogP contribution in [-0.2, 0) is 0 Å². The average Bonchev–Trinajstić information content (AvgIpc) is 3.29. The first-order chi connectivity index (χ1) is 30.6. The normalized spacial score (nSPS) is 18.3. The molecule has 0 spiro atoms. The maximum atomic E-state index is 10.1. The molecule has 204 valence electrons. The van der Waals surface area contributed by atoms with E-state index in [1.165, 1.54) is 0 Å². The van der Waals surface area contributed by atoms with Crippen molar-refractivity contribution >= 4 is 53.9 Å². The lowest BCUT2D eigenvalue weighted by Crippen LogP contribution is -1.92. The van der Waals surface area contributed by atoms with Crippen molar-refractivity contribution in [2.75, 3.05) is 0 Å². The molecule has 0 saturated heterocycles. The molecule has 0 aromatic heterocycles. The molecule has 0 saturated carbocycles. The molecular formula is C44H28. The molecular weight excluding hydrogens is 528 g/mol. The second kappa shape index (κ2) is 9.93. The Balaban J connectivity index is 1.65. The van der Waals surface area contributed by atoms with Gasteiger partial charge in [0.25, 0.3) is 0 Å². The molecule has 0 fully saturated rings. The van der Waals surface area contributed by atoms with E-state index in [1.807, 2.05) is 0 Å². The van der Waals surface area contributed by atoms with Crippen molar-refractivity contribution in [2.24, 2.45) is 0 Å². The first-order valence-electron chi connectivity index (χ1n) is 24.1. The maximum absolute atomic E-state index is 10.1. The van der Waals surface area contributed by atoms with E-state index in [4.69, 9.17) is 16.4 Å². The van der Waals surface area contributed by atoms with Gasteiger partial charge in [-0.15, -0.1) is 0 Å². The monoisotopic (exact) mass is 577 g/mol. The zero-order valence-electron chi connectivity index (χ0n) is 43.5. The Labute approximate surface area is 286 Å². The van der Waals surface area contributed by atoms with Gasteiger partial charge in [0.2, 0.25) is 0 Å². The summed E-state index contributed by atoms with van der Waals surface area (Å²) < 4.78 is 190. The predicted molar refractivity (Wildman–Crippen MR) is 190 cm³/mol. The third-order valence-electron chi connectivity index (χ3n) is 7.56. The van der Waals surface area contributed by atoms with Crippen LogP contribution in [0.2, 0.25) is 0 Å². The van der Waals surface area contributed by atoms with E-state index in [-0.39, 0.29) is 21.9 Å². The highest BCUT2D eigenvalue weighted by Gasteiger charge is 2.19. The molecule has 44 heavy (non-hydrogen) atoms. The van der Waals surface area contributed by atoms with Gasteiger partial charge in [0, 0.05) is 0 Å². The van der Waals surface area contributed by atoms with Crippen LogP contribution in [0.4, 0.5) is 0 Å². The molecule has 9 rings (SSSR count). The summed E-state index contributed by atoms with van der Waals surface area (Å²) in [5, 5.41) is -2.40. The van der Waals surface area contributed by atoms with E-state index >= 15 is 0 Å². The Morgan fingerprint density at radius 2 is 0.864 bits per heavy atom. The highest BCUT2D eigenvalue weighted by atomic mass is 14.2. The first kappa shape index (κ1) is 11.8. The van der Waals surface area contributed by atoms with E-state index in [0.29, 0.717) is 10.8 Å². The van der Waals surface area contributed by atoms with Crippen molar-refractivity contribution in [3.63, 3.8) is 0 Å².